The molecule has 0 unspecified atom stereocenters. The molecule has 3 aromatic carbocycles. The number of nitrogens with zero attached hydrogens (tertiary/aromatic N) is 1. The summed E-state index contributed by atoms with van der Waals surface area (Å²) < 4.78 is 2.33. The fourth-order valence-corrected chi connectivity index (χ4v) is 4.70. The van der Waals surface area contributed by atoms with Crippen LogP contribution >= 0.6 is 23.2 Å². The topological polar surface area (TPSA) is 4.41 Å². The van der Waals surface area contributed by atoms with E-state index in [1.54, 1.807) is 0 Å². The molecule has 0 bridgehead atoms. The lowest BCUT2D eigenvalue weighted by Gasteiger charge is -2.03. The Bertz CT molecular complexity index is 1550. The Labute approximate surface area is 165 Å². The van der Waals surface area contributed by atoms with Crippen LogP contribution in [0, 0.1) is 0 Å². The first kappa shape index (κ1) is 15.3. The minimum Gasteiger partial charge on any atom is -0.308 e. The van der Waals surface area contributed by atoms with Crippen molar-refractivity contribution in [3.8, 4) is 0 Å². The quantitative estimate of drug-likeness (QED) is 0.315. The zero-order valence-corrected chi connectivity index (χ0v) is 15.7. The first-order valence-corrected chi connectivity index (χ1v) is 9.60. The zero-order chi connectivity index (χ0) is 18.1. The van der Waals surface area contributed by atoms with E-state index in [-0.39, 0.29) is 0 Å². The molecule has 0 saturated carbocycles. The van der Waals surface area contributed by atoms with Gasteiger partial charge in [-0.15, -0.1) is 0 Å². The molecule has 0 amide bonds. The number of rotatable bonds is 0. The molecule has 0 radical (unpaired) electrons. The van der Waals surface area contributed by atoms with Gasteiger partial charge < -0.3 is 4.40 Å². The maximum atomic E-state index is 6.37. The molecule has 0 N–H and O–H groups in total. The van der Waals surface area contributed by atoms with Gasteiger partial charge in [-0.05, 0) is 47.2 Å². The number of aromatic nitrogens is 1. The first-order valence-electron chi connectivity index (χ1n) is 8.85. The summed E-state index contributed by atoms with van der Waals surface area (Å²) in [5.74, 6) is 0. The highest BCUT2D eigenvalue weighted by atomic mass is 35.5. The van der Waals surface area contributed by atoms with Crippen LogP contribution in [-0.2, 0) is 0 Å². The summed E-state index contributed by atoms with van der Waals surface area (Å²) in [7, 11) is 0. The van der Waals surface area contributed by atoms with E-state index in [4.69, 9.17) is 23.2 Å². The second-order valence-corrected chi connectivity index (χ2v) is 7.78. The van der Waals surface area contributed by atoms with Crippen LogP contribution in [0.15, 0.2) is 66.8 Å². The molecule has 2 heterocycles. The van der Waals surface area contributed by atoms with Gasteiger partial charge in [0.15, 0.2) is 0 Å². The van der Waals surface area contributed by atoms with Crippen molar-refractivity contribution in [2.45, 2.75) is 0 Å². The van der Waals surface area contributed by atoms with Gasteiger partial charge in [0.1, 0.15) is 0 Å². The van der Waals surface area contributed by atoms with Crippen LogP contribution < -0.4 is 10.6 Å². The summed E-state index contributed by atoms with van der Waals surface area (Å²) in [6.07, 6.45) is 12.6. The lowest BCUT2D eigenvalue weighted by molar-refractivity contribution is 1.22. The molecule has 1 aliphatic carbocycles. The Morgan fingerprint density at radius 2 is 1.44 bits per heavy atom. The van der Waals surface area contributed by atoms with Crippen molar-refractivity contribution in [1.29, 1.82) is 0 Å². The highest BCUT2D eigenvalue weighted by Crippen LogP contribution is 2.36. The number of allylic oxidation sites excluding steroid dienone is 4. The summed E-state index contributed by atoms with van der Waals surface area (Å²) in [6, 6.07) is 14.5. The second kappa shape index (κ2) is 5.39. The van der Waals surface area contributed by atoms with Gasteiger partial charge in [-0.1, -0.05) is 65.7 Å². The van der Waals surface area contributed by atoms with Crippen molar-refractivity contribution >= 4 is 73.3 Å². The van der Waals surface area contributed by atoms with Gasteiger partial charge in [-0.3, -0.25) is 0 Å². The van der Waals surface area contributed by atoms with E-state index in [0.717, 1.165) is 15.6 Å². The minimum atomic E-state index is 0.745. The molecule has 0 fully saturated rings. The summed E-state index contributed by atoms with van der Waals surface area (Å²) in [4.78, 5) is 0. The normalized spacial score (nSPS) is 18.7. The van der Waals surface area contributed by atoms with E-state index >= 15 is 0 Å². The Balaban J connectivity index is 2.08. The Hall–Kier alpha value is -2.74. The van der Waals surface area contributed by atoms with Gasteiger partial charge in [0, 0.05) is 31.4 Å². The van der Waals surface area contributed by atoms with Gasteiger partial charge in [0.05, 0.1) is 16.4 Å². The third kappa shape index (κ3) is 2.01. The largest absolute Gasteiger partial charge is 0.308 e. The third-order valence-corrected chi connectivity index (χ3v) is 5.90. The van der Waals surface area contributed by atoms with E-state index in [1.807, 2.05) is 18.2 Å². The Morgan fingerprint density at radius 3 is 2.33 bits per heavy atom. The second-order valence-electron chi connectivity index (χ2n) is 6.91. The molecule has 0 aliphatic heterocycles. The maximum Gasteiger partial charge on any atom is 0.0626 e. The molecule has 6 rings (SSSR count). The fourth-order valence-electron chi connectivity index (χ4n) is 4.36. The highest BCUT2D eigenvalue weighted by Gasteiger charge is 2.18. The van der Waals surface area contributed by atoms with E-state index < -0.39 is 0 Å². The van der Waals surface area contributed by atoms with E-state index in [1.165, 1.54) is 43.0 Å². The van der Waals surface area contributed by atoms with E-state index in [0.29, 0.717) is 0 Å². The molecule has 128 valence electrons. The molecular formula is C24H13Cl2N. The average Bonchev–Trinajstić information content (AvgIpc) is 3.11. The van der Waals surface area contributed by atoms with Crippen LogP contribution in [0.25, 0.3) is 50.1 Å². The highest BCUT2D eigenvalue weighted by molar-refractivity contribution is 6.33. The number of fused-ring (bicyclic) bond motifs is 8. The maximum absolute atomic E-state index is 6.37. The molecular weight excluding hydrogens is 373 g/mol. The SMILES string of the molecule is Clc1ccc2cc3c4ccc(Cl)cc4n4c5/c(c(c2c1)c34)=C\C=C/C=C\C=5. The lowest BCUT2D eigenvalue weighted by atomic mass is 10.0. The third-order valence-electron chi connectivity index (χ3n) is 5.43. The van der Waals surface area contributed by atoms with Gasteiger partial charge in [-0.25, -0.2) is 0 Å². The average molecular weight is 386 g/mol. The predicted octanol–water partition coefficient (Wildman–Crippen LogP) is 5.83. The number of hydrogen-bond acceptors (Lipinski definition) is 0. The van der Waals surface area contributed by atoms with Crippen LogP contribution in [0.4, 0.5) is 0 Å². The summed E-state index contributed by atoms with van der Waals surface area (Å²) in [6.45, 7) is 0. The Kier molecular flexibility index (Phi) is 3.06. The molecule has 0 spiro atoms. The number of benzene rings is 3. The van der Waals surface area contributed by atoms with Crippen LogP contribution in [-0.4, -0.2) is 4.40 Å². The van der Waals surface area contributed by atoms with Gasteiger partial charge >= 0.3 is 0 Å². The smallest absolute Gasteiger partial charge is 0.0626 e. The number of halogens is 2. The lowest BCUT2D eigenvalue weighted by Crippen LogP contribution is -2.25. The van der Waals surface area contributed by atoms with Crippen LogP contribution in [0.5, 0.6) is 0 Å². The summed E-state index contributed by atoms with van der Waals surface area (Å²) >= 11 is 12.7. The van der Waals surface area contributed by atoms with E-state index in [9.17, 15) is 0 Å². The molecule has 3 heteroatoms. The monoisotopic (exact) mass is 385 g/mol. The van der Waals surface area contributed by atoms with Gasteiger partial charge in [0.2, 0.25) is 0 Å². The fraction of sp³-hybridized carbons (Fsp3) is 0. The van der Waals surface area contributed by atoms with E-state index in [2.05, 4.69) is 65.1 Å². The van der Waals surface area contributed by atoms with Crippen molar-refractivity contribution < 1.29 is 0 Å². The molecule has 0 atom stereocenters. The predicted molar refractivity (Wildman–Crippen MR) is 118 cm³/mol. The summed E-state index contributed by atoms with van der Waals surface area (Å²) in [5.41, 5.74) is 2.36. The Morgan fingerprint density at radius 1 is 0.667 bits per heavy atom. The minimum absolute atomic E-state index is 0.745. The van der Waals surface area contributed by atoms with Gasteiger partial charge in [0.25, 0.3) is 0 Å². The van der Waals surface area contributed by atoms with Crippen LogP contribution in [0.1, 0.15) is 0 Å². The summed E-state index contributed by atoms with van der Waals surface area (Å²) in [5, 5.41) is 9.95. The van der Waals surface area contributed by atoms with Crippen molar-refractivity contribution in [2.24, 2.45) is 0 Å². The van der Waals surface area contributed by atoms with Crippen molar-refractivity contribution in [3.05, 3.63) is 87.4 Å². The molecule has 2 aromatic heterocycles. The standard InChI is InChI=1S/C24H13Cl2N/c25-15-8-7-14-11-20-17-10-9-16(26)13-22(17)27-21-6-4-2-1-3-5-18(21)23(24(20)27)19(14)12-15/h1-13H/b2-1?,3-1-,4-2-,5-3?,6-4?,18-5+,21-6+. The van der Waals surface area contributed by atoms with Crippen LogP contribution in [0.3, 0.4) is 0 Å². The van der Waals surface area contributed by atoms with Crippen molar-refractivity contribution in [1.82, 2.24) is 4.40 Å². The van der Waals surface area contributed by atoms with Crippen molar-refractivity contribution in [3.63, 3.8) is 0 Å². The molecule has 5 aromatic rings. The van der Waals surface area contributed by atoms with Crippen LogP contribution in [0.2, 0.25) is 10.0 Å². The molecule has 1 aliphatic rings. The van der Waals surface area contributed by atoms with Crippen molar-refractivity contribution in [2.75, 3.05) is 0 Å². The first-order chi connectivity index (χ1) is 13.2. The molecule has 1 nitrogen and oxygen atoms in total. The zero-order valence-electron chi connectivity index (χ0n) is 14.2. The number of hydrogen-bond donors (Lipinski definition) is 0. The molecule has 27 heavy (non-hydrogen) atoms. The molecule has 0 saturated heterocycles. The van der Waals surface area contributed by atoms with Gasteiger partial charge in [-0.2, -0.15) is 0 Å².